The van der Waals surface area contributed by atoms with E-state index in [1.165, 1.54) is 0 Å². The summed E-state index contributed by atoms with van der Waals surface area (Å²) in [6.07, 6.45) is 3.63. The number of amides is 1. The fourth-order valence-corrected chi connectivity index (χ4v) is 0.614. The Morgan fingerprint density at radius 1 is 1.54 bits per heavy atom. The molecule has 0 aliphatic carbocycles. The Balaban J connectivity index is 3.64. The number of hydrogen-bond donors (Lipinski definition) is 2. The average molecular weight is 186 g/mol. The van der Waals surface area contributed by atoms with Crippen LogP contribution in [0.1, 0.15) is 27.2 Å². The van der Waals surface area contributed by atoms with Crippen molar-refractivity contribution >= 4 is 6.09 Å². The van der Waals surface area contributed by atoms with Crippen LogP contribution >= 0.6 is 0 Å². The Morgan fingerprint density at radius 2 is 2.15 bits per heavy atom. The van der Waals surface area contributed by atoms with Gasteiger partial charge in [0.15, 0.2) is 0 Å². The zero-order valence-electron chi connectivity index (χ0n) is 8.46. The van der Waals surface area contributed by atoms with Gasteiger partial charge in [-0.25, -0.2) is 4.79 Å². The molecule has 4 nitrogen and oxygen atoms in total. The highest BCUT2D eigenvalue weighted by Crippen LogP contribution is 2.06. The Morgan fingerprint density at radius 3 is 2.62 bits per heavy atom. The summed E-state index contributed by atoms with van der Waals surface area (Å²) in [5.74, 6) is 0. The van der Waals surface area contributed by atoms with Crippen molar-refractivity contribution in [2.75, 3.05) is 6.54 Å². The highest BCUT2D eigenvalue weighted by Gasteiger charge is 2.14. The van der Waals surface area contributed by atoms with Crippen LogP contribution in [0.5, 0.6) is 0 Å². The topological polar surface area (TPSA) is 64.3 Å². The number of carbonyl (C=O) groups is 1. The molecule has 13 heavy (non-hydrogen) atoms. The predicted molar refractivity (Wildman–Crippen MR) is 52.2 cm³/mol. The van der Waals surface area contributed by atoms with Gasteiger partial charge in [0.1, 0.15) is 5.60 Å². The van der Waals surface area contributed by atoms with Gasteiger partial charge in [-0.15, -0.1) is 0 Å². The van der Waals surface area contributed by atoms with Crippen molar-refractivity contribution in [3.8, 4) is 0 Å². The van der Waals surface area contributed by atoms with Crippen molar-refractivity contribution in [2.24, 2.45) is 5.73 Å². The molecule has 0 rings (SSSR count). The third-order valence-corrected chi connectivity index (χ3v) is 1.05. The molecular weight excluding hydrogens is 168 g/mol. The summed E-state index contributed by atoms with van der Waals surface area (Å²) in [6.45, 7) is 6.02. The summed E-state index contributed by atoms with van der Waals surface area (Å²) < 4.78 is 4.99. The van der Waals surface area contributed by atoms with Crippen molar-refractivity contribution in [1.82, 2.24) is 5.32 Å². The van der Waals surface area contributed by atoms with E-state index >= 15 is 0 Å². The molecule has 1 amide bonds. The lowest BCUT2D eigenvalue weighted by Gasteiger charge is -2.18. The second kappa shape index (κ2) is 5.59. The highest BCUT2D eigenvalue weighted by molar-refractivity contribution is 5.68. The lowest BCUT2D eigenvalue weighted by molar-refractivity contribution is 0.0552. The smallest absolute Gasteiger partial charge is 0.411 e. The van der Waals surface area contributed by atoms with Gasteiger partial charge in [-0.2, -0.15) is 0 Å². The molecule has 0 saturated carbocycles. The van der Waals surface area contributed by atoms with E-state index in [2.05, 4.69) is 5.32 Å². The molecule has 3 N–H and O–H groups in total. The maximum atomic E-state index is 11.0. The molecule has 0 bridgehead atoms. The van der Waals surface area contributed by atoms with Gasteiger partial charge in [-0.3, -0.25) is 5.32 Å². The van der Waals surface area contributed by atoms with Crippen LogP contribution in [0.4, 0.5) is 4.79 Å². The Kier molecular flexibility index (Phi) is 5.14. The molecule has 76 valence electrons. The van der Waals surface area contributed by atoms with E-state index < -0.39 is 11.7 Å². The van der Waals surface area contributed by atoms with E-state index in [1.807, 2.05) is 20.8 Å². The number of nitrogens with two attached hydrogens (primary N) is 1. The normalized spacial score (nSPS) is 11.7. The van der Waals surface area contributed by atoms with Crippen LogP contribution in [0.15, 0.2) is 12.3 Å². The third kappa shape index (κ3) is 8.88. The SMILES string of the molecule is CC(C)(C)OC(=O)NC=CCCN. The first-order valence-electron chi connectivity index (χ1n) is 4.30. The maximum absolute atomic E-state index is 11.0. The Labute approximate surface area is 79.1 Å². The first kappa shape index (κ1) is 12.0. The lowest BCUT2D eigenvalue weighted by Crippen LogP contribution is -2.29. The first-order chi connectivity index (χ1) is 5.95. The van der Waals surface area contributed by atoms with Crippen molar-refractivity contribution in [3.63, 3.8) is 0 Å². The lowest BCUT2D eigenvalue weighted by atomic mass is 10.2. The number of alkyl carbamates (subject to hydrolysis) is 1. The minimum Gasteiger partial charge on any atom is -0.444 e. The summed E-state index contributed by atoms with van der Waals surface area (Å²) in [4.78, 5) is 11.0. The second-order valence-corrected chi connectivity index (χ2v) is 3.63. The van der Waals surface area contributed by atoms with E-state index in [4.69, 9.17) is 10.5 Å². The van der Waals surface area contributed by atoms with Gasteiger partial charge in [0, 0.05) is 6.20 Å². The maximum Gasteiger partial charge on any atom is 0.411 e. The number of carbonyl (C=O) groups excluding carboxylic acids is 1. The molecule has 0 spiro atoms. The number of ether oxygens (including phenoxy) is 1. The fraction of sp³-hybridized carbons (Fsp3) is 0.667. The van der Waals surface area contributed by atoms with E-state index in [9.17, 15) is 4.79 Å². The summed E-state index contributed by atoms with van der Waals surface area (Å²) in [5.41, 5.74) is 4.80. The van der Waals surface area contributed by atoms with Gasteiger partial charge < -0.3 is 10.5 Å². The van der Waals surface area contributed by atoms with Gasteiger partial charge in [0.25, 0.3) is 0 Å². The van der Waals surface area contributed by atoms with E-state index in [0.29, 0.717) is 6.54 Å². The van der Waals surface area contributed by atoms with Crippen molar-refractivity contribution in [3.05, 3.63) is 12.3 Å². The molecule has 0 saturated heterocycles. The van der Waals surface area contributed by atoms with Crippen molar-refractivity contribution in [2.45, 2.75) is 32.8 Å². The number of rotatable bonds is 3. The quantitative estimate of drug-likeness (QED) is 0.699. The molecule has 0 aliphatic heterocycles. The Bertz CT molecular complexity index is 183. The molecular formula is C9H18N2O2. The molecule has 0 heterocycles. The highest BCUT2D eigenvalue weighted by atomic mass is 16.6. The summed E-state index contributed by atoms with van der Waals surface area (Å²) in [7, 11) is 0. The van der Waals surface area contributed by atoms with Crippen LogP contribution in [0, 0.1) is 0 Å². The Hall–Kier alpha value is -1.03. The van der Waals surface area contributed by atoms with Gasteiger partial charge in [0.05, 0.1) is 0 Å². The minimum absolute atomic E-state index is 0.444. The van der Waals surface area contributed by atoms with Crippen LogP contribution < -0.4 is 11.1 Å². The molecule has 4 heteroatoms. The molecule has 0 aromatic heterocycles. The second-order valence-electron chi connectivity index (χ2n) is 3.63. The first-order valence-corrected chi connectivity index (χ1v) is 4.30. The monoisotopic (exact) mass is 186 g/mol. The van der Waals surface area contributed by atoms with E-state index in [0.717, 1.165) is 6.42 Å². The van der Waals surface area contributed by atoms with Crippen LogP contribution in [-0.2, 0) is 4.74 Å². The summed E-state index contributed by atoms with van der Waals surface area (Å²) in [6, 6.07) is 0. The third-order valence-electron chi connectivity index (χ3n) is 1.05. The van der Waals surface area contributed by atoms with Crippen molar-refractivity contribution < 1.29 is 9.53 Å². The standard InChI is InChI=1S/C9H18N2O2/c1-9(2,3)13-8(12)11-7-5-4-6-10/h5,7H,4,6,10H2,1-3H3,(H,11,12). The van der Waals surface area contributed by atoms with Gasteiger partial charge in [-0.1, -0.05) is 6.08 Å². The molecule has 0 fully saturated rings. The molecule has 0 aromatic rings. The van der Waals surface area contributed by atoms with Crippen molar-refractivity contribution in [1.29, 1.82) is 0 Å². The van der Waals surface area contributed by atoms with Crippen LogP contribution in [0.25, 0.3) is 0 Å². The molecule has 0 atom stereocenters. The summed E-state index contributed by atoms with van der Waals surface area (Å²) >= 11 is 0. The average Bonchev–Trinajstić information content (AvgIpc) is 1.94. The zero-order valence-corrected chi connectivity index (χ0v) is 8.46. The van der Waals surface area contributed by atoms with Gasteiger partial charge in [-0.05, 0) is 33.7 Å². The number of nitrogens with one attached hydrogen (secondary N) is 1. The van der Waals surface area contributed by atoms with Gasteiger partial charge in [0.2, 0.25) is 0 Å². The largest absolute Gasteiger partial charge is 0.444 e. The van der Waals surface area contributed by atoms with Crippen LogP contribution in [0.2, 0.25) is 0 Å². The fourth-order valence-electron chi connectivity index (χ4n) is 0.614. The van der Waals surface area contributed by atoms with Gasteiger partial charge >= 0.3 is 6.09 Å². The summed E-state index contributed by atoms with van der Waals surface area (Å²) in [5, 5.41) is 2.48. The van der Waals surface area contributed by atoms with E-state index in [-0.39, 0.29) is 0 Å². The van der Waals surface area contributed by atoms with Crippen LogP contribution in [-0.4, -0.2) is 18.2 Å². The molecule has 0 aliphatic rings. The molecule has 0 unspecified atom stereocenters. The van der Waals surface area contributed by atoms with Crippen LogP contribution in [0.3, 0.4) is 0 Å². The molecule has 0 aromatic carbocycles. The minimum atomic E-state index is -0.453. The zero-order chi connectivity index (χ0) is 10.3. The molecule has 0 radical (unpaired) electrons. The predicted octanol–water partition coefficient (Wildman–Crippen LogP) is 1.37. The number of hydrogen-bond acceptors (Lipinski definition) is 3. The van der Waals surface area contributed by atoms with E-state index in [1.54, 1.807) is 12.3 Å².